The number of benzene rings is 1. The number of aromatic nitrogens is 3. The fourth-order valence-electron chi connectivity index (χ4n) is 5.25. The number of likely N-dealkylation sites (tertiary alicyclic amines) is 1. The largest absolute Gasteiger partial charge is 0.478 e. The molecule has 1 N–H and O–H groups in total. The first-order valence-corrected chi connectivity index (χ1v) is 12.8. The van der Waals surface area contributed by atoms with E-state index in [9.17, 15) is 4.79 Å². The lowest BCUT2D eigenvalue weighted by Crippen LogP contribution is -2.36. The molecule has 1 saturated heterocycles. The predicted molar refractivity (Wildman–Crippen MR) is 144 cm³/mol. The van der Waals surface area contributed by atoms with E-state index in [0.29, 0.717) is 12.5 Å². The van der Waals surface area contributed by atoms with E-state index < -0.39 is 0 Å². The fraction of sp³-hybridized carbons (Fsp3) is 0.464. The molecule has 0 radical (unpaired) electrons. The second-order valence-corrected chi connectivity index (χ2v) is 9.80. The smallest absolute Gasteiger partial charge is 0.326 e. The van der Waals surface area contributed by atoms with Crippen LogP contribution in [0.15, 0.2) is 52.2 Å². The molecule has 0 bridgehead atoms. The standard InChI is InChI=1S/C28H35N5O3/c1-19(7-10-26(29-2)36-14-6-13-32-11-4-5-12-32)20-8-9-24-23(15-20)27-25(18-30-24)31-28(34)33(27)21-16-22(17-21)35-3/h7-10,15,18,21-22H,2,4-6,11-14,16-17H2,1,3H3,(H,31,34)/b19-7+,26-10+/t21-,22+. The first kappa shape index (κ1) is 24.5. The highest BCUT2D eigenvalue weighted by Crippen LogP contribution is 2.36. The topological polar surface area (TPSA) is 84.7 Å². The van der Waals surface area contributed by atoms with Crippen LogP contribution < -0.4 is 5.69 Å². The molecule has 3 heterocycles. The van der Waals surface area contributed by atoms with Crippen molar-refractivity contribution in [3.05, 3.63) is 58.5 Å². The van der Waals surface area contributed by atoms with E-state index in [4.69, 9.17) is 9.47 Å². The number of fused-ring (bicyclic) bond motifs is 3. The summed E-state index contributed by atoms with van der Waals surface area (Å²) >= 11 is 0. The number of nitrogens with zero attached hydrogens (tertiary/aromatic N) is 4. The van der Waals surface area contributed by atoms with E-state index in [0.717, 1.165) is 58.9 Å². The molecule has 2 aromatic heterocycles. The third-order valence-corrected chi connectivity index (χ3v) is 7.46. The summed E-state index contributed by atoms with van der Waals surface area (Å²) in [5, 5.41) is 0.959. The Kier molecular flexibility index (Phi) is 7.34. The van der Waals surface area contributed by atoms with E-state index in [1.807, 2.05) is 22.8 Å². The molecule has 5 rings (SSSR count). The van der Waals surface area contributed by atoms with Gasteiger partial charge < -0.3 is 19.4 Å². The van der Waals surface area contributed by atoms with Crippen LogP contribution in [0, 0.1) is 0 Å². The zero-order valence-corrected chi connectivity index (χ0v) is 21.2. The van der Waals surface area contributed by atoms with Gasteiger partial charge in [-0.15, -0.1) is 0 Å². The van der Waals surface area contributed by atoms with Gasteiger partial charge >= 0.3 is 5.69 Å². The van der Waals surface area contributed by atoms with Crippen molar-refractivity contribution in [2.75, 3.05) is 33.4 Å². The highest BCUT2D eigenvalue weighted by molar-refractivity contribution is 6.03. The van der Waals surface area contributed by atoms with Gasteiger partial charge in [-0.05, 0) is 82.1 Å². The van der Waals surface area contributed by atoms with Crippen LogP contribution in [-0.2, 0) is 9.47 Å². The normalized spacial score (nSPS) is 21.3. The van der Waals surface area contributed by atoms with E-state index in [-0.39, 0.29) is 17.8 Å². The molecular weight excluding hydrogens is 454 g/mol. The lowest BCUT2D eigenvalue weighted by molar-refractivity contribution is 0.00653. The molecule has 190 valence electrons. The Labute approximate surface area is 211 Å². The first-order valence-electron chi connectivity index (χ1n) is 12.8. The lowest BCUT2D eigenvalue weighted by atomic mass is 9.89. The quantitative estimate of drug-likeness (QED) is 0.194. The van der Waals surface area contributed by atoms with Crippen molar-refractivity contribution in [2.45, 2.75) is 51.2 Å². The minimum atomic E-state index is -0.0944. The Morgan fingerprint density at radius 1 is 1.28 bits per heavy atom. The molecule has 2 aliphatic rings. The van der Waals surface area contributed by atoms with Crippen molar-refractivity contribution >= 4 is 34.2 Å². The number of methoxy groups -OCH3 is 1. The second-order valence-electron chi connectivity index (χ2n) is 9.80. The van der Waals surface area contributed by atoms with Crippen molar-refractivity contribution in [3.63, 3.8) is 0 Å². The summed E-state index contributed by atoms with van der Waals surface area (Å²) in [5.74, 6) is 0.526. The van der Waals surface area contributed by atoms with Gasteiger partial charge in [0, 0.05) is 31.2 Å². The summed E-state index contributed by atoms with van der Waals surface area (Å²) in [5.41, 5.74) is 4.54. The lowest BCUT2D eigenvalue weighted by Gasteiger charge is -2.34. The molecule has 8 nitrogen and oxygen atoms in total. The molecular formula is C28H35N5O3. The third kappa shape index (κ3) is 5.01. The molecule has 2 fully saturated rings. The molecule has 1 aliphatic carbocycles. The summed E-state index contributed by atoms with van der Waals surface area (Å²) in [6.07, 6.45) is 11.1. The number of nitrogens with one attached hydrogen (secondary N) is 1. The summed E-state index contributed by atoms with van der Waals surface area (Å²) in [6.45, 7) is 9.81. The minimum absolute atomic E-state index is 0.0944. The SMILES string of the molecule is C=N/C(=C\C=C(/C)c1ccc2ncc3[nH]c(=O)n([C@H]4C[C@@H](OC)C4)c3c2c1)OCCCN1CCCC1. The van der Waals surface area contributed by atoms with Crippen LogP contribution in [0.25, 0.3) is 27.5 Å². The fourth-order valence-corrected chi connectivity index (χ4v) is 5.25. The number of imidazole rings is 1. The van der Waals surface area contributed by atoms with Crippen molar-refractivity contribution in [3.8, 4) is 0 Å². The molecule has 0 atom stereocenters. The van der Waals surface area contributed by atoms with Gasteiger partial charge in [-0.25, -0.2) is 9.79 Å². The number of hydrogen-bond donors (Lipinski definition) is 1. The molecule has 1 saturated carbocycles. The van der Waals surface area contributed by atoms with E-state index in [1.165, 1.54) is 25.9 Å². The molecule has 8 heteroatoms. The Bertz CT molecular complexity index is 1360. The van der Waals surface area contributed by atoms with Gasteiger partial charge in [0.1, 0.15) is 0 Å². The Hall–Kier alpha value is -3.23. The van der Waals surface area contributed by atoms with Crippen LogP contribution in [0.5, 0.6) is 0 Å². The summed E-state index contributed by atoms with van der Waals surface area (Å²) < 4.78 is 13.2. The second kappa shape index (κ2) is 10.8. The summed E-state index contributed by atoms with van der Waals surface area (Å²) in [7, 11) is 1.72. The Morgan fingerprint density at radius 3 is 2.83 bits per heavy atom. The van der Waals surface area contributed by atoms with Gasteiger partial charge in [0.25, 0.3) is 0 Å². The zero-order valence-electron chi connectivity index (χ0n) is 21.2. The number of H-pyrrole nitrogens is 1. The Balaban J connectivity index is 1.36. The van der Waals surface area contributed by atoms with Crippen LogP contribution in [0.4, 0.5) is 0 Å². The molecule has 36 heavy (non-hydrogen) atoms. The van der Waals surface area contributed by atoms with Gasteiger partial charge in [-0.2, -0.15) is 0 Å². The van der Waals surface area contributed by atoms with Crippen molar-refractivity contribution in [2.24, 2.45) is 4.99 Å². The van der Waals surface area contributed by atoms with Gasteiger partial charge in [0.05, 0.1) is 35.5 Å². The van der Waals surface area contributed by atoms with Crippen molar-refractivity contribution < 1.29 is 9.47 Å². The number of rotatable bonds is 10. The molecule has 0 unspecified atom stereocenters. The van der Waals surface area contributed by atoms with Gasteiger partial charge in [0.2, 0.25) is 5.88 Å². The number of aliphatic imine (C=N–C) groups is 1. The van der Waals surface area contributed by atoms with Crippen molar-refractivity contribution in [1.82, 2.24) is 19.4 Å². The Morgan fingerprint density at radius 2 is 2.08 bits per heavy atom. The monoisotopic (exact) mass is 489 g/mol. The highest BCUT2D eigenvalue weighted by atomic mass is 16.5. The van der Waals surface area contributed by atoms with Crippen LogP contribution in [0.3, 0.4) is 0 Å². The number of ether oxygens (including phenoxy) is 2. The number of aromatic amines is 1. The van der Waals surface area contributed by atoms with Gasteiger partial charge in [-0.3, -0.25) is 9.55 Å². The van der Waals surface area contributed by atoms with Crippen molar-refractivity contribution in [1.29, 1.82) is 0 Å². The summed E-state index contributed by atoms with van der Waals surface area (Å²) in [6, 6.07) is 6.30. The average molecular weight is 490 g/mol. The first-order chi connectivity index (χ1) is 17.6. The van der Waals surface area contributed by atoms with Gasteiger partial charge in [0.15, 0.2) is 0 Å². The van der Waals surface area contributed by atoms with E-state index in [2.05, 4.69) is 45.6 Å². The van der Waals surface area contributed by atoms with E-state index in [1.54, 1.807) is 13.3 Å². The molecule has 1 aromatic carbocycles. The maximum absolute atomic E-state index is 12.8. The molecule has 0 amide bonds. The summed E-state index contributed by atoms with van der Waals surface area (Å²) in [4.78, 5) is 26.9. The number of hydrogen-bond acceptors (Lipinski definition) is 6. The highest BCUT2D eigenvalue weighted by Gasteiger charge is 2.33. The van der Waals surface area contributed by atoms with Crippen LogP contribution >= 0.6 is 0 Å². The van der Waals surface area contributed by atoms with Crippen LogP contribution in [0.2, 0.25) is 0 Å². The maximum atomic E-state index is 12.8. The predicted octanol–water partition coefficient (Wildman–Crippen LogP) is 4.68. The average Bonchev–Trinajstić information content (AvgIpc) is 3.50. The molecule has 0 spiro atoms. The number of allylic oxidation sites excluding steroid dienone is 3. The zero-order chi connectivity index (χ0) is 25.1. The van der Waals surface area contributed by atoms with Crippen LogP contribution in [0.1, 0.15) is 50.6 Å². The van der Waals surface area contributed by atoms with Gasteiger partial charge in [-0.1, -0.05) is 12.1 Å². The minimum Gasteiger partial charge on any atom is -0.478 e. The third-order valence-electron chi connectivity index (χ3n) is 7.46. The van der Waals surface area contributed by atoms with Crippen LogP contribution in [-0.4, -0.2) is 65.6 Å². The maximum Gasteiger partial charge on any atom is 0.326 e. The van der Waals surface area contributed by atoms with E-state index >= 15 is 0 Å². The molecule has 3 aromatic rings. The number of pyridine rings is 1. The molecule has 1 aliphatic heterocycles.